The minimum absolute atomic E-state index is 0.102. The molecule has 0 aliphatic carbocycles. The molecule has 0 unspecified atom stereocenters. The molecule has 5 heteroatoms. The Hall–Kier alpha value is -0.680. The van der Waals surface area contributed by atoms with Crippen LogP contribution in [0.5, 0.6) is 0 Å². The highest BCUT2D eigenvalue weighted by molar-refractivity contribution is 7.80. The Bertz CT molecular complexity index is 208. The zero-order valence-electron chi connectivity index (χ0n) is 9.12. The normalized spacial score (nSPS) is 10.3. The highest BCUT2D eigenvalue weighted by Gasteiger charge is 2.12. The van der Waals surface area contributed by atoms with Crippen LogP contribution in [0.15, 0.2) is 0 Å². The summed E-state index contributed by atoms with van der Waals surface area (Å²) in [6.07, 6.45) is 0. The van der Waals surface area contributed by atoms with Crippen molar-refractivity contribution in [3.63, 3.8) is 0 Å². The Morgan fingerprint density at radius 3 is 2.21 bits per heavy atom. The second-order valence-electron chi connectivity index (χ2n) is 3.18. The average Bonchev–Trinajstić information content (AvgIpc) is 2.14. The van der Waals surface area contributed by atoms with E-state index in [-0.39, 0.29) is 5.91 Å². The number of hydrogen-bond donors (Lipinski definition) is 1. The van der Waals surface area contributed by atoms with Crippen molar-refractivity contribution in [2.75, 3.05) is 33.2 Å². The summed E-state index contributed by atoms with van der Waals surface area (Å²) < 4.78 is 0. The summed E-state index contributed by atoms with van der Waals surface area (Å²) in [5, 5.41) is 0. The van der Waals surface area contributed by atoms with Crippen LogP contribution in [0.3, 0.4) is 0 Å². The van der Waals surface area contributed by atoms with Crippen molar-refractivity contribution in [2.45, 2.75) is 13.8 Å². The van der Waals surface area contributed by atoms with Gasteiger partial charge in [0, 0.05) is 20.1 Å². The number of carbonyl (C=O) groups excluding carboxylic acids is 1. The highest BCUT2D eigenvalue weighted by atomic mass is 32.1. The monoisotopic (exact) mass is 217 g/mol. The second kappa shape index (κ2) is 6.73. The zero-order valence-corrected chi connectivity index (χ0v) is 9.93. The molecule has 0 aliphatic heterocycles. The lowest BCUT2D eigenvalue weighted by Gasteiger charge is -2.22. The lowest BCUT2D eigenvalue weighted by Crippen LogP contribution is -2.41. The Balaban J connectivity index is 4.04. The van der Waals surface area contributed by atoms with E-state index in [0.717, 1.165) is 13.1 Å². The summed E-state index contributed by atoms with van der Waals surface area (Å²) in [6, 6.07) is 0. The molecule has 0 bridgehead atoms. The van der Waals surface area contributed by atoms with E-state index in [1.54, 1.807) is 11.9 Å². The van der Waals surface area contributed by atoms with Gasteiger partial charge in [0.05, 0.1) is 11.5 Å². The predicted molar refractivity (Wildman–Crippen MR) is 62.2 cm³/mol. The predicted octanol–water partition coefficient (Wildman–Crippen LogP) is 0.0727. The van der Waals surface area contributed by atoms with E-state index in [0.29, 0.717) is 18.1 Å². The molecular weight excluding hydrogens is 198 g/mol. The highest BCUT2D eigenvalue weighted by Crippen LogP contribution is 1.92. The van der Waals surface area contributed by atoms with E-state index in [2.05, 4.69) is 0 Å². The van der Waals surface area contributed by atoms with Crippen LogP contribution in [-0.2, 0) is 4.79 Å². The van der Waals surface area contributed by atoms with Gasteiger partial charge in [-0.25, -0.2) is 0 Å². The van der Waals surface area contributed by atoms with Crippen LogP contribution < -0.4 is 5.73 Å². The maximum atomic E-state index is 11.5. The number of thiocarbonyl (C=S) groups is 1. The molecule has 2 N–H and O–H groups in total. The summed E-state index contributed by atoms with van der Waals surface area (Å²) in [6.45, 7) is 6.33. The molecular formula is C9H19N3OS. The third-order valence-corrected chi connectivity index (χ3v) is 2.21. The topological polar surface area (TPSA) is 49.6 Å². The number of nitrogens with two attached hydrogens (primary N) is 1. The first-order valence-electron chi connectivity index (χ1n) is 4.75. The zero-order chi connectivity index (χ0) is 11.1. The molecule has 0 fully saturated rings. The van der Waals surface area contributed by atoms with Crippen LogP contribution in [0.1, 0.15) is 13.8 Å². The molecule has 0 saturated carbocycles. The number of carbonyl (C=O) groups is 1. The van der Waals surface area contributed by atoms with Crippen molar-refractivity contribution in [3.05, 3.63) is 0 Å². The molecule has 0 aromatic rings. The quantitative estimate of drug-likeness (QED) is 0.640. The molecule has 0 spiro atoms. The van der Waals surface area contributed by atoms with Crippen molar-refractivity contribution in [3.8, 4) is 0 Å². The largest absolute Gasteiger partial charge is 0.392 e. The van der Waals surface area contributed by atoms with E-state index in [1.165, 1.54) is 0 Å². The Kier molecular flexibility index (Phi) is 6.40. The number of hydrogen-bond acceptors (Lipinski definition) is 3. The third-order valence-electron chi connectivity index (χ3n) is 2.09. The molecule has 0 aromatic carbocycles. The molecule has 82 valence electrons. The van der Waals surface area contributed by atoms with Crippen LogP contribution in [0.2, 0.25) is 0 Å². The first-order valence-corrected chi connectivity index (χ1v) is 5.16. The first-order chi connectivity index (χ1) is 6.51. The summed E-state index contributed by atoms with van der Waals surface area (Å²) in [4.78, 5) is 15.6. The molecule has 0 saturated heterocycles. The maximum absolute atomic E-state index is 11.5. The van der Waals surface area contributed by atoms with E-state index < -0.39 is 0 Å². The Labute approximate surface area is 91.0 Å². The van der Waals surface area contributed by atoms with Crippen molar-refractivity contribution in [2.24, 2.45) is 5.73 Å². The van der Waals surface area contributed by atoms with Gasteiger partial charge in [-0.2, -0.15) is 0 Å². The van der Waals surface area contributed by atoms with Crippen LogP contribution >= 0.6 is 12.2 Å². The SMILES string of the molecule is CCN(CC(=O)N(C)CC)CC(N)=S. The van der Waals surface area contributed by atoms with E-state index in [9.17, 15) is 4.79 Å². The van der Waals surface area contributed by atoms with Gasteiger partial charge in [-0.05, 0) is 13.5 Å². The number of amides is 1. The maximum Gasteiger partial charge on any atom is 0.236 e. The molecule has 0 aliphatic rings. The smallest absolute Gasteiger partial charge is 0.236 e. The van der Waals surface area contributed by atoms with Crippen molar-refractivity contribution < 1.29 is 4.79 Å². The molecule has 1 amide bonds. The second-order valence-corrected chi connectivity index (χ2v) is 3.70. The summed E-state index contributed by atoms with van der Waals surface area (Å²) in [7, 11) is 1.79. The molecule has 4 nitrogen and oxygen atoms in total. The van der Waals surface area contributed by atoms with Gasteiger partial charge in [-0.15, -0.1) is 0 Å². The fourth-order valence-corrected chi connectivity index (χ4v) is 1.17. The third kappa shape index (κ3) is 5.14. The molecule has 14 heavy (non-hydrogen) atoms. The van der Waals surface area contributed by atoms with Gasteiger partial charge in [-0.1, -0.05) is 19.1 Å². The Morgan fingerprint density at radius 2 is 1.86 bits per heavy atom. The van der Waals surface area contributed by atoms with Crippen molar-refractivity contribution in [1.82, 2.24) is 9.80 Å². The fraction of sp³-hybridized carbons (Fsp3) is 0.778. The van der Waals surface area contributed by atoms with Crippen LogP contribution in [0.25, 0.3) is 0 Å². The number of nitrogens with zero attached hydrogens (tertiary/aromatic N) is 2. The molecule has 0 heterocycles. The summed E-state index contributed by atoms with van der Waals surface area (Å²) >= 11 is 4.80. The standard InChI is InChI=1S/C9H19N3OS/c1-4-11(3)9(13)7-12(5-2)6-8(10)14/h4-7H2,1-3H3,(H2,10,14). The minimum Gasteiger partial charge on any atom is -0.392 e. The average molecular weight is 217 g/mol. The van der Waals surface area contributed by atoms with Crippen LogP contribution in [0, 0.1) is 0 Å². The fourth-order valence-electron chi connectivity index (χ4n) is 0.988. The van der Waals surface area contributed by atoms with Gasteiger partial charge in [0.25, 0.3) is 0 Å². The van der Waals surface area contributed by atoms with Gasteiger partial charge in [0.1, 0.15) is 0 Å². The van der Waals surface area contributed by atoms with Crippen LogP contribution in [0.4, 0.5) is 0 Å². The van der Waals surface area contributed by atoms with Gasteiger partial charge < -0.3 is 10.6 Å². The lowest BCUT2D eigenvalue weighted by molar-refractivity contribution is -0.130. The van der Waals surface area contributed by atoms with Gasteiger partial charge in [-0.3, -0.25) is 9.69 Å². The minimum atomic E-state index is 0.102. The lowest BCUT2D eigenvalue weighted by atomic mass is 10.4. The van der Waals surface area contributed by atoms with Gasteiger partial charge in [0.2, 0.25) is 5.91 Å². The van der Waals surface area contributed by atoms with Gasteiger partial charge >= 0.3 is 0 Å². The van der Waals surface area contributed by atoms with Crippen molar-refractivity contribution >= 4 is 23.1 Å². The van der Waals surface area contributed by atoms with E-state index in [1.807, 2.05) is 18.7 Å². The molecule has 0 atom stereocenters. The van der Waals surface area contributed by atoms with Crippen LogP contribution in [-0.4, -0.2) is 53.9 Å². The van der Waals surface area contributed by atoms with Crippen molar-refractivity contribution in [1.29, 1.82) is 0 Å². The molecule has 0 aromatic heterocycles. The molecule has 0 radical (unpaired) electrons. The summed E-state index contributed by atoms with van der Waals surface area (Å²) in [5.74, 6) is 0.102. The van der Waals surface area contributed by atoms with E-state index >= 15 is 0 Å². The number of likely N-dealkylation sites (N-methyl/N-ethyl adjacent to an activating group) is 2. The molecule has 0 rings (SSSR count). The summed E-state index contributed by atoms with van der Waals surface area (Å²) in [5.41, 5.74) is 5.42. The van der Waals surface area contributed by atoms with Gasteiger partial charge in [0.15, 0.2) is 0 Å². The first kappa shape index (κ1) is 13.3. The van der Waals surface area contributed by atoms with E-state index in [4.69, 9.17) is 18.0 Å². The number of rotatable bonds is 6. The Morgan fingerprint density at radius 1 is 1.29 bits per heavy atom.